The fraction of sp³-hybridized carbons (Fsp3) is 0.182. The summed E-state index contributed by atoms with van der Waals surface area (Å²) in [6, 6.07) is 22.5. The number of aryl methyl sites for hydroxylation is 4. The van der Waals surface area contributed by atoms with Crippen molar-refractivity contribution in [3.05, 3.63) is 82.9 Å². The molecule has 4 aromatic carbocycles. The molecule has 0 aliphatic carbocycles. The molecule has 0 unspecified atom stereocenters. The molecule has 25 heavy (non-hydrogen) atoms. The first kappa shape index (κ1) is 22.2. The largest absolute Gasteiger partial charge is 4.00 e. The molecule has 4 rings (SSSR count). The van der Waals surface area contributed by atoms with Crippen molar-refractivity contribution in [2.45, 2.75) is 26.7 Å². The van der Waals surface area contributed by atoms with Gasteiger partial charge in [-0.05, 0) is 26.7 Å². The third kappa shape index (κ3) is 4.46. The number of hydrogen-bond acceptors (Lipinski definition) is 0. The van der Waals surface area contributed by atoms with Gasteiger partial charge in [0.05, 0.1) is 0 Å². The molecule has 0 nitrogen and oxygen atoms in total. The predicted molar refractivity (Wildman–Crippen MR) is 96.0 cm³/mol. The van der Waals surface area contributed by atoms with Crippen LogP contribution in [0.4, 0.5) is 0 Å². The molecule has 0 heterocycles. The maximum atomic E-state index is 2.36. The molecular weight excluding hydrogens is 426 g/mol. The Morgan fingerprint density at radius 2 is 1.08 bits per heavy atom. The van der Waals surface area contributed by atoms with Gasteiger partial charge in [0.2, 0.25) is 0 Å². The molecule has 3 heteroatoms. The standard InChI is InChI=1S/C22H20.2ClH.Zr/c1-15-5-3-7-19-11-17(13-21(15)19)9-10-18-12-20-8-4-6-16(2)22(20)14-18;;;/h3-8,11-14H,9-10H2,1-2H3;2*1H;/q-2;;;+4/p-2. The van der Waals surface area contributed by atoms with Crippen molar-refractivity contribution in [3.63, 3.8) is 0 Å². The van der Waals surface area contributed by atoms with E-state index in [0.29, 0.717) is 0 Å². The van der Waals surface area contributed by atoms with Gasteiger partial charge in [0.1, 0.15) is 0 Å². The van der Waals surface area contributed by atoms with Gasteiger partial charge in [-0.1, -0.05) is 23.3 Å². The van der Waals surface area contributed by atoms with E-state index in [-0.39, 0.29) is 51.0 Å². The Balaban J connectivity index is 0.00000104. The van der Waals surface area contributed by atoms with Crippen molar-refractivity contribution in [3.8, 4) is 0 Å². The van der Waals surface area contributed by atoms with Crippen molar-refractivity contribution in [2.24, 2.45) is 0 Å². The van der Waals surface area contributed by atoms with Crippen LogP contribution in [0.3, 0.4) is 0 Å². The summed E-state index contributed by atoms with van der Waals surface area (Å²) in [5, 5.41) is 5.55. The SMILES string of the molecule is Cc1cccc2[cH-]c(CCc3cc4c(C)cccc4[cH-]3)cc12.[Cl-].[Cl-].[Zr+4]. The normalized spacial score (nSPS) is 10.2. The van der Waals surface area contributed by atoms with Crippen LogP contribution in [-0.2, 0) is 39.0 Å². The van der Waals surface area contributed by atoms with Crippen LogP contribution in [0.1, 0.15) is 22.3 Å². The van der Waals surface area contributed by atoms with Crippen LogP contribution in [0, 0.1) is 13.8 Å². The quantitative estimate of drug-likeness (QED) is 0.384. The van der Waals surface area contributed by atoms with E-state index < -0.39 is 0 Å². The molecule has 0 atom stereocenters. The van der Waals surface area contributed by atoms with Crippen LogP contribution in [0.25, 0.3) is 21.5 Å². The molecule has 4 aromatic rings. The van der Waals surface area contributed by atoms with E-state index in [1.807, 2.05) is 0 Å². The van der Waals surface area contributed by atoms with Gasteiger partial charge in [-0.3, -0.25) is 0 Å². The molecule has 0 bridgehead atoms. The fourth-order valence-corrected chi connectivity index (χ4v) is 3.48. The zero-order chi connectivity index (χ0) is 15.1. The van der Waals surface area contributed by atoms with Crippen molar-refractivity contribution < 1.29 is 51.0 Å². The number of fused-ring (bicyclic) bond motifs is 2. The number of benzene rings is 2. The third-order valence-corrected chi connectivity index (χ3v) is 4.76. The fourth-order valence-electron chi connectivity index (χ4n) is 3.48. The van der Waals surface area contributed by atoms with Crippen LogP contribution >= 0.6 is 0 Å². The predicted octanol–water partition coefficient (Wildman–Crippen LogP) is -0.162. The Bertz CT molecular complexity index is 883. The van der Waals surface area contributed by atoms with Gasteiger partial charge in [0.15, 0.2) is 0 Å². The second-order valence-corrected chi connectivity index (χ2v) is 6.38. The first-order valence-electron chi connectivity index (χ1n) is 8.00. The van der Waals surface area contributed by atoms with E-state index in [1.165, 1.54) is 43.8 Å². The smallest absolute Gasteiger partial charge is 1.00 e. The molecule has 0 amide bonds. The minimum Gasteiger partial charge on any atom is -1.00 e. The average Bonchev–Trinajstić information content (AvgIpc) is 3.10. The number of rotatable bonds is 3. The number of halogens is 2. The maximum absolute atomic E-state index is 2.36. The first-order valence-corrected chi connectivity index (χ1v) is 8.00. The van der Waals surface area contributed by atoms with Crippen LogP contribution in [0.15, 0.2) is 60.7 Å². The first-order chi connectivity index (χ1) is 10.7. The summed E-state index contributed by atoms with van der Waals surface area (Å²) in [5.74, 6) is 0. The van der Waals surface area contributed by atoms with Crippen molar-refractivity contribution >= 4 is 21.5 Å². The van der Waals surface area contributed by atoms with E-state index in [4.69, 9.17) is 0 Å². The zero-order valence-electron chi connectivity index (χ0n) is 14.4. The van der Waals surface area contributed by atoms with E-state index >= 15 is 0 Å². The van der Waals surface area contributed by atoms with Gasteiger partial charge in [-0.25, -0.2) is 0 Å². The summed E-state index contributed by atoms with van der Waals surface area (Å²) in [6.07, 6.45) is 2.23. The molecule has 126 valence electrons. The van der Waals surface area contributed by atoms with E-state index in [1.54, 1.807) is 0 Å². The molecule has 0 radical (unpaired) electrons. The Kier molecular flexibility index (Phi) is 8.13. The zero-order valence-corrected chi connectivity index (χ0v) is 18.4. The van der Waals surface area contributed by atoms with Gasteiger partial charge in [0, 0.05) is 0 Å². The Hall–Kier alpha value is -0.877. The van der Waals surface area contributed by atoms with Crippen molar-refractivity contribution in [1.29, 1.82) is 0 Å². The molecule has 0 aliphatic heterocycles. The van der Waals surface area contributed by atoms with Crippen LogP contribution < -0.4 is 24.8 Å². The summed E-state index contributed by atoms with van der Waals surface area (Å²) in [7, 11) is 0. The Morgan fingerprint density at radius 3 is 1.44 bits per heavy atom. The summed E-state index contributed by atoms with van der Waals surface area (Å²) in [5.41, 5.74) is 5.65. The van der Waals surface area contributed by atoms with Gasteiger partial charge >= 0.3 is 26.2 Å². The average molecular weight is 447 g/mol. The summed E-state index contributed by atoms with van der Waals surface area (Å²) in [4.78, 5) is 0. The summed E-state index contributed by atoms with van der Waals surface area (Å²) >= 11 is 0. The van der Waals surface area contributed by atoms with Gasteiger partial charge in [-0.2, -0.15) is 12.1 Å². The van der Waals surface area contributed by atoms with Crippen molar-refractivity contribution in [1.82, 2.24) is 0 Å². The molecule has 0 saturated heterocycles. The molecule has 0 aromatic heterocycles. The maximum Gasteiger partial charge on any atom is 4.00 e. The second-order valence-electron chi connectivity index (χ2n) is 6.38. The Morgan fingerprint density at radius 1 is 0.680 bits per heavy atom. The topological polar surface area (TPSA) is 0 Å². The van der Waals surface area contributed by atoms with Gasteiger partial charge in [-0.15, -0.1) is 69.1 Å². The third-order valence-electron chi connectivity index (χ3n) is 4.76. The van der Waals surface area contributed by atoms with E-state index in [0.717, 1.165) is 12.8 Å². The molecule has 0 spiro atoms. The molecule has 0 fully saturated rings. The molecule has 0 N–H and O–H groups in total. The van der Waals surface area contributed by atoms with E-state index in [2.05, 4.69) is 74.5 Å². The summed E-state index contributed by atoms with van der Waals surface area (Å²) in [6.45, 7) is 4.39. The molecule has 0 aliphatic rings. The second kappa shape index (κ2) is 9.17. The van der Waals surface area contributed by atoms with Gasteiger partial charge < -0.3 is 24.8 Å². The minimum atomic E-state index is 0. The van der Waals surface area contributed by atoms with Crippen LogP contribution in [-0.4, -0.2) is 0 Å². The minimum absolute atomic E-state index is 0. The molecular formula is C22H20Cl2Zr. The van der Waals surface area contributed by atoms with E-state index in [9.17, 15) is 0 Å². The monoisotopic (exact) mass is 444 g/mol. The number of hydrogen-bond donors (Lipinski definition) is 0. The van der Waals surface area contributed by atoms with Crippen LogP contribution in [0.5, 0.6) is 0 Å². The van der Waals surface area contributed by atoms with Crippen LogP contribution in [0.2, 0.25) is 0 Å². The summed E-state index contributed by atoms with van der Waals surface area (Å²) < 4.78 is 0. The van der Waals surface area contributed by atoms with Crippen molar-refractivity contribution in [2.75, 3.05) is 0 Å². The van der Waals surface area contributed by atoms with Gasteiger partial charge in [0.25, 0.3) is 0 Å². The molecule has 0 saturated carbocycles. The Labute approximate surface area is 181 Å².